The van der Waals surface area contributed by atoms with Crippen LogP contribution < -0.4 is 10.9 Å². The van der Waals surface area contributed by atoms with Gasteiger partial charge in [-0.1, -0.05) is 42.5 Å². The highest BCUT2D eigenvalue weighted by Crippen LogP contribution is 2.10. The second kappa shape index (κ2) is 7.94. The first-order valence-corrected chi connectivity index (χ1v) is 7.82. The van der Waals surface area contributed by atoms with Crippen LogP contribution in [0.4, 0.5) is 5.69 Å². The van der Waals surface area contributed by atoms with Crippen molar-refractivity contribution in [1.82, 2.24) is 10.3 Å². The van der Waals surface area contributed by atoms with Crippen LogP contribution in [0, 0.1) is 0 Å². The van der Waals surface area contributed by atoms with E-state index < -0.39 is 0 Å². The summed E-state index contributed by atoms with van der Waals surface area (Å²) < 4.78 is 5.40. The standard InChI is InChI=1S/C18H23N3O/c1-2-7-18(8-3-1)20-19-14-16-5-4-6-17(13-16)15-21-9-11-22-12-10-21/h1-8,13,19-20H,9-12,14-15H2. The Bertz CT molecular complexity index is 568. The van der Waals surface area contributed by atoms with Crippen molar-refractivity contribution in [2.45, 2.75) is 13.1 Å². The van der Waals surface area contributed by atoms with E-state index in [2.05, 4.69) is 40.0 Å². The molecule has 1 saturated heterocycles. The molecule has 0 aromatic heterocycles. The van der Waals surface area contributed by atoms with E-state index in [1.165, 1.54) is 11.1 Å². The van der Waals surface area contributed by atoms with E-state index in [-0.39, 0.29) is 0 Å². The highest BCUT2D eigenvalue weighted by atomic mass is 16.5. The number of hydrogen-bond acceptors (Lipinski definition) is 4. The van der Waals surface area contributed by atoms with Gasteiger partial charge in [-0.05, 0) is 23.3 Å². The number of para-hydroxylation sites is 1. The number of nitrogens with zero attached hydrogens (tertiary/aromatic N) is 1. The molecular weight excluding hydrogens is 274 g/mol. The molecule has 0 amide bonds. The molecule has 116 valence electrons. The van der Waals surface area contributed by atoms with Gasteiger partial charge >= 0.3 is 0 Å². The third-order valence-corrected chi connectivity index (χ3v) is 3.80. The molecule has 0 spiro atoms. The third-order valence-electron chi connectivity index (χ3n) is 3.80. The van der Waals surface area contributed by atoms with Crippen LogP contribution in [0.15, 0.2) is 54.6 Å². The van der Waals surface area contributed by atoms with Gasteiger partial charge in [0.1, 0.15) is 0 Å². The van der Waals surface area contributed by atoms with Crippen LogP contribution in [0.5, 0.6) is 0 Å². The van der Waals surface area contributed by atoms with Gasteiger partial charge in [-0.15, -0.1) is 0 Å². The van der Waals surface area contributed by atoms with E-state index >= 15 is 0 Å². The maximum absolute atomic E-state index is 5.40. The Labute approximate surface area is 132 Å². The maximum Gasteiger partial charge on any atom is 0.0594 e. The van der Waals surface area contributed by atoms with Crippen molar-refractivity contribution in [2.75, 3.05) is 31.7 Å². The molecule has 3 rings (SSSR count). The van der Waals surface area contributed by atoms with E-state index in [0.717, 1.165) is 45.1 Å². The molecule has 1 fully saturated rings. The van der Waals surface area contributed by atoms with Gasteiger partial charge in [0.25, 0.3) is 0 Å². The van der Waals surface area contributed by atoms with Crippen molar-refractivity contribution < 1.29 is 4.74 Å². The Kier molecular flexibility index (Phi) is 5.42. The molecule has 0 atom stereocenters. The van der Waals surface area contributed by atoms with Crippen LogP contribution in [0.2, 0.25) is 0 Å². The fraction of sp³-hybridized carbons (Fsp3) is 0.333. The van der Waals surface area contributed by atoms with Gasteiger partial charge in [0.05, 0.1) is 13.2 Å². The molecule has 1 aliphatic rings. The van der Waals surface area contributed by atoms with Gasteiger partial charge in [-0.2, -0.15) is 0 Å². The molecule has 22 heavy (non-hydrogen) atoms. The Morgan fingerprint density at radius 2 is 1.68 bits per heavy atom. The predicted octanol–water partition coefficient (Wildman–Crippen LogP) is 2.64. The Balaban J connectivity index is 1.50. The van der Waals surface area contributed by atoms with Gasteiger partial charge in [-0.3, -0.25) is 4.90 Å². The van der Waals surface area contributed by atoms with E-state index in [0.29, 0.717) is 0 Å². The quantitative estimate of drug-likeness (QED) is 0.804. The van der Waals surface area contributed by atoms with Gasteiger partial charge in [0, 0.05) is 31.9 Å². The number of rotatable bonds is 6. The Morgan fingerprint density at radius 3 is 2.50 bits per heavy atom. The third kappa shape index (κ3) is 4.56. The van der Waals surface area contributed by atoms with E-state index in [9.17, 15) is 0 Å². The average molecular weight is 297 g/mol. The molecule has 2 aromatic carbocycles. The summed E-state index contributed by atoms with van der Waals surface area (Å²) in [5.74, 6) is 0. The monoisotopic (exact) mass is 297 g/mol. The Hall–Kier alpha value is -1.88. The van der Waals surface area contributed by atoms with Crippen LogP contribution in [0.3, 0.4) is 0 Å². The summed E-state index contributed by atoms with van der Waals surface area (Å²) in [6.45, 7) is 5.55. The van der Waals surface area contributed by atoms with Crippen LogP contribution >= 0.6 is 0 Å². The van der Waals surface area contributed by atoms with Gasteiger partial charge < -0.3 is 10.2 Å². The van der Waals surface area contributed by atoms with Crippen LogP contribution in [0.1, 0.15) is 11.1 Å². The summed E-state index contributed by atoms with van der Waals surface area (Å²) in [5.41, 5.74) is 10.2. The smallest absolute Gasteiger partial charge is 0.0594 e. The summed E-state index contributed by atoms with van der Waals surface area (Å²) in [5, 5.41) is 0. The number of morpholine rings is 1. The van der Waals surface area contributed by atoms with E-state index in [1.807, 2.05) is 30.3 Å². The van der Waals surface area contributed by atoms with Crippen molar-refractivity contribution in [3.05, 3.63) is 65.7 Å². The Morgan fingerprint density at radius 1 is 0.909 bits per heavy atom. The summed E-state index contributed by atoms with van der Waals surface area (Å²) in [6, 6.07) is 18.9. The molecule has 0 radical (unpaired) electrons. The molecule has 0 aliphatic carbocycles. The first kappa shape index (κ1) is 15.0. The molecule has 0 saturated carbocycles. The normalized spacial score (nSPS) is 15.6. The minimum Gasteiger partial charge on any atom is -0.379 e. The molecule has 2 aromatic rings. The van der Waals surface area contributed by atoms with Crippen molar-refractivity contribution in [2.24, 2.45) is 0 Å². The zero-order valence-electron chi connectivity index (χ0n) is 12.8. The van der Waals surface area contributed by atoms with Crippen molar-refractivity contribution >= 4 is 5.69 Å². The van der Waals surface area contributed by atoms with Crippen LogP contribution in [-0.2, 0) is 17.8 Å². The number of anilines is 1. The zero-order chi connectivity index (χ0) is 15.0. The average Bonchev–Trinajstić information content (AvgIpc) is 2.57. The second-order valence-corrected chi connectivity index (χ2v) is 5.55. The lowest BCUT2D eigenvalue weighted by Gasteiger charge is -2.26. The first-order chi connectivity index (χ1) is 10.9. The zero-order valence-corrected chi connectivity index (χ0v) is 12.8. The summed E-state index contributed by atoms with van der Waals surface area (Å²) >= 11 is 0. The van der Waals surface area contributed by atoms with Crippen molar-refractivity contribution in [1.29, 1.82) is 0 Å². The second-order valence-electron chi connectivity index (χ2n) is 5.55. The molecule has 0 unspecified atom stereocenters. The lowest BCUT2D eigenvalue weighted by atomic mass is 10.1. The molecule has 1 heterocycles. The SMILES string of the molecule is c1ccc(NNCc2cccc(CN3CCOCC3)c2)cc1. The molecule has 2 N–H and O–H groups in total. The summed E-state index contributed by atoms with van der Waals surface area (Å²) in [6.07, 6.45) is 0. The lowest BCUT2D eigenvalue weighted by Crippen LogP contribution is -2.35. The number of ether oxygens (including phenoxy) is 1. The fourth-order valence-electron chi connectivity index (χ4n) is 2.63. The predicted molar refractivity (Wildman–Crippen MR) is 89.4 cm³/mol. The highest BCUT2D eigenvalue weighted by molar-refractivity contribution is 5.41. The van der Waals surface area contributed by atoms with Crippen molar-refractivity contribution in [3.63, 3.8) is 0 Å². The molecule has 4 nitrogen and oxygen atoms in total. The first-order valence-electron chi connectivity index (χ1n) is 7.82. The minimum absolute atomic E-state index is 0.797. The number of nitrogens with one attached hydrogen (secondary N) is 2. The van der Waals surface area contributed by atoms with Gasteiger partial charge in [-0.25, -0.2) is 5.43 Å². The molecule has 0 bridgehead atoms. The lowest BCUT2D eigenvalue weighted by molar-refractivity contribution is 0.0342. The van der Waals surface area contributed by atoms with Crippen LogP contribution in [0.25, 0.3) is 0 Å². The maximum atomic E-state index is 5.40. The van der Waals surface area contributed by atoms with Gasteiger partial charge in [0.15, 0.2) is 0 Å². The molecule has 4 heteroatoms. The van der Waals surface area contributed by atoms with Gasteiger partial charge in [0.2, 0.25) is 0 Å². The summed E-state index contributed by atoms with van der Waals surface area (Å²) in [4.78, 5) is 2.44. The molecule has 1 aliphatic heterocycles. The minimum atomic E-state index is 0.797. The largest absolute Gasteiger partial charge is 0.379 e. The fourth-order valence-corrected chi connectivity index (χ4v) is 2.63. The number of benzene rings is 2. The molecular formula is C18H23N3O. The number of hydrazine groups is 1. The highest BCUT2D eigenvalue weighted by Gasteiger charge is 2.10. The van der Waals surface area contributed by atoms with Crippen molar-refractivity contribution in [3.8, 4) is 0 Å². The van der Waals surface area contributed by atoms with E-state index in [4.69, 9.17) is 4.74 Å². The number of hydrogen-bond donors (Lipinski definition) is 2. The van der Waals surface area contributed by atoms with Crippen LogP contribution in [-0.4, -0.2) is 31.2 Å². The topological polar surface area (TPSA) is 36.5 Å². The summed E-state index contributed by atoms with van der Waals surface area (Å²) in [7, 11) is 0. The van der Waals surface area contributed by atoms with E-state index in [1.54, 1.807) is 0 Å².